The van der Waals surface area contributed by atoms with Crippen LogP contribution in [0.3, 0.4) is 0 Å². The molecule has 1 aliphatic carbocycles. The molecule has 3 nitrogen and oxygen atoms in total. The zero-order valence-electron chi connectivity index (χ0n) is 11.3. The van der Waals surface area contributed by atoms with Crippen molar-refractivity contribution >= 4 is 0 Å². The molecule has 0 amide bonds. The van der Waals surface area contributed by atoms with Crippen LogP contribution in [0, 0.1) is 5.92 Å². The van der Waals surface area contributed by atoms with E-state index in [-0.39, 0.29) is 0 Å². The van der Waals surface area contributed by atoms with E-state index in [9.17, 15) is 0 Å². The van der Waals surface area contributed by atoms with Crippen molar-refractivity contribution in [1.82, 2.24) is 14.9 Å². The molecule has 2 fully saturated rings. The average molecular weight is 247 g/mol. The summed E-state index contributed by atoms with van der Waals surface area (Å²) in [4.78, 5) is 4.41. The summed E-state index contributed by atoms with van der Waals surface area (Å²) in [6, 6.07) is 0. The van der Waals surface area contributed by atoms with Gasteiger partial charge in [0.25, 0.3) is 0 Å². The van der Waals surface area contributed by atoms with E-state index >= 15 is 0 Å². The molecule has 0 spiro atoms. The Morgan fingerprint density at radius 2 is 1.89 bits per heavy atom. The van der Waals surface area contributed by atoms with Crippen molar-refractivity contribution in [3.63, 3.8) is 0 Å². The predicted molar refractivity (Wildman–Crippen MR) is 73.6 cm³/mol. The Morgan fingerprint density at radius 1 is 1.11 bits per heavy atom. The van der Waals surface area contributed by atoms with Gasteiger partial charge in [0.1, 0.15) is 0 Å². The molecule has 0 bridgehead atoms. The van der Waals surface area contributed by atoms with Crippen LogP contribution in [0.5, 0.6) is 0 Å². The highest BCUT2D eigenvalue weighted by atomic mass is 15.1. The summed E-state index contributed by atoms with van der Waals surface area (Å²) in [7, 11) is 0. The molecule has 2 aliphatic rings. The topological polar surface area (TPSA) is 29.9 Å². The van der Waals surface area contributed by atoms with Crippen LogP contribution in [0.15, 0.2) is 12.5 Å². The zero-order chi connectivity index (χ0) is 12.2. The summed E-state index contributed by atoms with van der Waals surface area (Å²) >= 11 is 0. The van der Waals surface area contributed by atoms with E-state index in [1.807, 2.05) is 0 Å². The maximum atomic E-state index is 4.41. The third-order valence-electron chi connectivity index (χ3n) is 4.68. The number of hydrogen-bond acceptors (Lipinski definition) is 2. The Balaban J connectivity index is 1.66. The molecule has 1 saturated carbocycles. The lowest BCUT2D eigenvalue weighted by Gasteiger charge is -2.26. The predicted octanol–water partition coefficient (Wildman–Crippen LogP) is 2.93. The van der Waals surface area contributed by atoms with Crippen molar-refractivity contribution in [3.05, 3.63) is 18.2 Å². The van der Waals surface area contributed by atoms with Gasteiger partial charge >= 0.3 is 0 Å². The lowest BCUT2D eigenvalue weighted by atomic mass is 9.88. The fourth-order valence-electron chi connectivity index (χ4n) is 3.59. The Labute approximate surface area is 110 Å². The largest absolute Gasteiger partial charge is 0.334 e. The maximum Gasteiger partial charge on any atom is 0.0948 e. The minimum Gasteiger partial charge on any atom is -0.334 e. The highest BCUT2D eigenvalue weighted by Crippen LogP contribution is 2.29. The number of rotatable bonds is 3. The fourth-order valence-corrected chi connectivity index (χ4v) is 3.59. The van der Waals surface area contributed by atoms with Gasteiger partial charge in [0.2, 0.25) is 0 Å². The smallest absolute Gasteiger partial charge is 0.0948 e. The van der Waals surface area contributed by atoms with Crippen LogP contribution in [0.1, 0.15) is 56.6 Å². The molecule has 1 aromatic rings. The summed E-state index contributed by atoms with van der Waals surface area (Å²) in [5.74, 6) is 1.63. The van der Waals surface area contributed by atoms with E-state index in [0.717, 1.165) is 11.8 Å². The van der Waals surface area contributed by atoms with Crippen molar-refractivity contribution in [3.8, 4) is 0 Å². The summed E-state index contributed by atoms with van der Waals surface area (Å²) in [6.45, 7) is 3.54. The zero-order valence-corrected chi connectivity index (χ0v) is 11.3. The maximum absolute atomic E-state index is 4.41. The first-order chi connectivity index (χ1) is 8.93. The fraction of sp³-hybridized carbons (Fsp3) is 0.800. The minimum atomic E-state index is 0.734. The van der Waals surface area contributed by atoms with Gasteiger partial charge in [-0.15, -0.1) is 0 Å². The van der Waals surface area contributed by atoms with Crippen LogP contribution >= 0.6 is 0 Å². The number of hydrogen-bond donors (Lipinski definition) is 1. The Bertz CT molecular complexity index is 360. The first-order valence-electron chi connectivity index (χ1n) is 7.64. The van der Waals surface area contributed by atoms with Gasteiger partial charge in [0.15, 0.2) is 0 Å². The number of imidazole rings is 1. The second kappa shape index (κ2) is 5.87. The first kappa shape index (κ1) is 12.2. The molecule has 1 N–H and O–H groups in total. The highest BCUT2D eigenvalue weighted by molar-refractivity contribution is 5.08. The minimum absolute atomic E-state index is 0.734. The second-order valence-electron chi connectivity index (χ2n) is 6.00. The van der Waals surface area contributed by atoms with Crippen molar-refractivity contribution in [2.45, 2.75) is 57.4 Å². The SMILES string of the molecule is c1ncn(CC2CCCCC2)c1C1CCNCC1. The van der Waals surface area contributed by atoms with Gasteiger partial charge < -0.3 is 9.88 Å². The molecule has 2 heterocycles. The van der Waals surface area contributed by atoms with Gasteiger partial charge in [-0.1, -0.05) is 19.3 Å². The van der Waals surface area contributed by atoms with Crippen LogP contribution in [-0.4, -0.2) is 22.6 Å². The average Bonchev–Trinajstić information content (AvgIpc) is 2.89. The Hall–Kier alpha value is -0.830. The van der Waals surface area contributed by atoms with Crippen LogP contribution < -0.4 is 5.32 Å². The third kappa shape index (κ3) is 2.77. The quantitative estimate of drug-likeness (QED) is 0.890. The van der Waals surface area contributed by atoms with Gasteiger partial charge in [0, 0.05) is 24.4 Å². The molecule has 100 valence electrons. The standard InChI is InChI=1S/C15H25N3/c1-2-4-13(5-3-1)11-18-12-17-10-15(18)14-6-8-16-9-7-14/h10,12-14,16H,1-9,11H2. The van der Waals surface area contributed by atoms with Gasteiger partial charge in [-0.25, -0.2) is 4.98 Å². The van der Waals surface area contributed by atoms with Gasteiger partial charge in [-0.2, -0.15) is 0 Å². The summed E-state index contributed by atoms with van der Waals surface area (Å²) < 4.78 is 2.45. The van der Waals surface area contributed by atoms with E-state index in [4.69, 9.17) is 0 Å². The lowest BCUT2D eigenvalue weighted by Crippen LogP contribution is -2.28. The number of aromatic nitrogens is 2. The summed E-state index contributed by atoms with van der Waals surface area (Å²) in [5, 5.41) is 3.45. The van der Waals surface area contributed by atoms with Gasteiger partial charge in [-0.3, -0.25) is 0 Å². The molecule has 18 heavy (non-hydrogen) atoms. The van der Waals surface area contributed by atoms with E-state index < -0.39 is 0 Å². The first-order valence-corrected chi connectivity index (χ1v) is 7.64. The summed E-state index contributed by atoms with van der Waals surface area (Å²) in [6.07, 6.45) is 13.9. The van der Waals surface area contributed by atoms with Crippen LogP contribution in [0.2, 0.25) is 0 Å². The van der Waals surface area contributed by atoms with Crippen molar-refractivity contribution in [2.24, 2.45) is 5.92 Å². The highest BCUT2D eigenvalue weighted by Gasteiger charge is 2.21. The van der Waals surface area contributed by atoms with Crippen molar-refractivity contribution in [2.75, 3.05) is 13.1 Å². The molecule has 1 saturated heterocycles. The van der Waals surface area contributed by atoms with E-state index in [1.165, 1.54) is 70.3 Å². The number of nitrogens with one attached hydrogen (secondary N) is 1. The monoisotopic (exact) mass is 247 g/mol. The van der Waals surface area contributed by atoms with E-state index in [2.05, 4.69) is 27.4 Å². The van der Waals surface area contributed by atoms with Crippen LogP contribution in [0.4, 0.5) is 0 Å². The van der Waals surface area contributed by atoms with Crippen LogP contribution in [-0.2, 0) is 6.54 Å². The Kier molecular flexibility index (Phi) is 3.99. The normalized spacial score (nSPS) is 23.3. The molecule has 0 unspecified atom stereocenters. The molecule has 3 rings (SSSR count). The lowest BCUT2D eigenvalue weighted by molar-refractivity contribution is 0.311. The molecule has 1 aliphatic heterocycles. The van der Waals surface area contributed by atoms with Crippen molar-refractivity contribution in [1.29, 1.82) is 0 Å². The third-order valence-corrected chi connectivity index (χ3v) is 4.68. The molecule has 1 aromatic heterocycles. The second-order valence-corrected chi connectivity index (χ2v) is 6.00. The van der Waals surface area contributed by atoms with Crippen LogP contribution in [0.25, 0.3) is 0 Å². The number of piperidine rings is 1. The Morgan fingerprint density at radius 3 is 2.67 bits per heavy atom. The molecular weight excluding hydrogens is 222 g/mol. The van der Waals surface area contributed by atoms with E-state index in [0.29, 0.717) is 0 Å². The van der Waals surface area contributed by atoms with Gasteiger partial charge in [0.05, 0.1) is 6.33 Å². The van der Waals surface area contributed by atoms with E-state index in [1.54, 1.807) is 0 Å². The molecule has 0 radical (unpaired) electrons. The van der Waals surface area contributed by atoms with Crippen molar-refractivity contribution < 1.29 is 0 Å². The number of nitrogens with zero attached hydrogens (tertiary/aromatic N) is 2. The molecular formula is C15H25N3. The molecule has 0 atom stereocenters. The molecule has 0 aromatic carbocycles. The summed E-state index contributed by atoms with van der Waals surface area (Å²) in [5.41, 5.74) is 1.49. The van der Waals surface area contributed by atoms with Gasteiger partial charge in [-0.05, 0) is 44.7 Å². The molecule has 3 heteroatoms.